The predicted molar refractivity (Wildman–Crippen MR) is 85.3 cm³/mol. The van der Waals surface area contributed by atoms with Crippen LogP contribution in [0.2, 0.25) is 0 Å². The highest BCUT2D eigenvalue weighted by Gasteiger charge is 2.51. The molecule has 5 heteroatoms. The molecule has 2 aliphatic heterocycles. The molecule has 124 valence electrons. The second-order valence-corrected chi connectivity index (χ2v) is 7.24. The number of fused-ring (bicyclic) bond motifs is 1. The molecule has 0 spiro atoms. The van der Waals surface area contributed by atoms with Gasteiger partial charge in [-0.3, -0.25) is 9.59 Å². The third kappa shape index (κ3) is 2.87. The minimum Gasteiger partial charge on any atom is -0.352 e. The molecule has 3 atom stereocenters. The van der Waals surface area contributed by atoms with Crippen LogP contribution < -0.4 is 10.6 Å². The topological polar surface area (TPSA) is 61.4 Å². The third-order valence-electron chi connectivity index (χ3n) is 5.86. The Kier molecular flexibility index (Phi) is 4.71. The van der Waals surface area contributed by atoms with Gasteiger partial charge >= 0.3 is 0 Å². The van der Waals surface area contributed by atoms with Gasteiger partial charge in [0.05, 0.1) is 5.41 Å². The Hall–Kier alpha value is -1.10. The molecule has 0 aromatic rings. The molecule has 1 unspecified atom stereocenters. The van der Waals surface area contributed by atoms with Crippen LogP contribution >= 0.6 is 0 Å². The molecule has 5 nitrogen and oxygen atoms in total. The van der Waals surface area contributed by atoms with E-state index in [2.05, 4.69) is 10.6 Å². The summed E-state index contributed by atoms with van der Waals surface area (Å²) < 4.78 is 0. The first-order chi connectivity index (χ1) is 10.7. The molecule has 0 bridgehead atoms. The zero-order chi connectivity index (χ0) is 15.6. The summed E-state index contributed by atoms with van der Waals surface area (Å²) in [5.41, 5.74) is -0.158. The second-order valence-electron chi connectivity index (χ2n) is 7.24. The number of amides is 2. The fraction of sp³-hybridized carbons (Fsp3) is 0.882. The summed E-state index contributed by atoms with van der Waals surface area (Å²) >= 11 is 0. The number of carbonyl (C=O) groups is 2. The minimum atomic E-state index is -0.158. The van der Waals surface area contributed by atoms with Crippen LogP contribution in [0.3, 0.4) is 0 Å². The highest BCUT2D eigenvalue weighted by atomic mass is 16.2. The maximum atomic E-state index is 13.2. The molecule has 0 aromatic heterocycles. The molecule has 0 aromatic carbocycles. The zero-order valence-electron chi connectivity index (χ0n) is 13.7. The van der Waals surface area contributed by atoms with E-state index in [9.17, 15) is 9.59 Å². The molecule has 2 saturated heterocycles. The Morgan fingerprint density at radius 2 is 2.14 bits per heavy atom. The molecule has 2 heterocycles. The number of nitrogens with one attached hydrogen (secondary N) is 2. The number of rotatable bonds is 3. The van der Waals surface area contributed by atoms with E-state index in [0.717, 1.165) is 38.9 Å². The van der Waals surface area contributed by atoms with Gasteiger partial charge in [0.2, 0.25) is 11.8 Å². The van der Waals surface area contributed by atoms with Crippen molar-refractivity contribution in [1.29, 1.82) is 0 Å². The summed E-state index contributed by atoms with van der Waals surface area (Å²) in [6.07, 6.45) is 7.15. The third-order valence-corrected chi connectivity index (χ3v) is 5.86. The van der Waals surface area contributed by atoms with Gasteiger partial charge in [-0.25, -0.2) is 0 Å². The molecule has 2 amide bonds. The summed E-state index contributed by atoms with van der Waals surface area (Å²) in [7, 11) is 0. The van der Waals surface area contributed by atoms with Crippen molar-refractivity contribution in [3.8, 4) is 0 Å². The van der Waals surface area contributed by atoms with Gasteiger partial charge in [0, 0.05) is 32.1 Å². The SMILES string of the molecule is CCC(=O)NC1CCCN(C(=O)[C@@]23CCCC[C@H]2CNC3)C1. The molecular formula is C17H29N3O2. The summed E-state index contributed by atoms with van der Waals surface area (Å²) in [6.45, 7) is 5.26. The molecular weight excluding hydrogens is 278 g/mol. The van der Waals surface area contributed by atoms with Gasteiger partial charge in [0.15, 0.2) is 0 Å². The standard InChI is InChI=1S/C17H29N3O2/c1-2-15(21)19-14-7-5-9-20(11-14)16(22)17-8-4-3-6-13(17)10-18-12-17/h13-14,18H,2-12H2,1H3,(H,19,21)/t13-,14?,17+/m0/s1. The fourth-order valence-corrected chi connectivity index (χ4v) is 4.59. The van der Waals surface area contributed by atoms with Gasteiger partial charge in [-0.1, -0.05) is 19.8 Å². The maximum absolute atomic E-state index is 13.2. The lowest BCUT2D eigenvalue weighted by molar-refractivity contribution is -0.147. The Morgan fingerprint density at radius 3 is 2.95 bits per heavy atom. The van der Waals surface area contributed by atoms with Crippen molar-refractivity contribution < 1.29 is 9.59 Å². The van der Waals surface area contributed by atoms with E-state index < -0.39 is 0 Å². The van der Waals surface area contributed by atoms with E-state index in [1.807, 2.05) is 11.8 Å². The average Bonchev–Trinajstić information content (AvgIpc) is 2.99. The number of hydrogen-bond acceptors (Lipinski definition) is 3. The average molecular weight is 307 g/mol. The van der Waals surface area contributed by atoms with E-state index >= 15 is 0 Å². The lowest BCUT2D eigenvalue weighted by Crippen LogP contribution is -2.55. The van der Waals surface area contributed by atoms with Crippen molar-refractivity contribution in [2.24, 2.45) is 11.3 Å². The summed E-state index contributed by atoms with van der Waals surface area (Å²) in [5, 5.41) is 6.53. The van der Waals surface area contributed by atoms with Crippen LogP contribution in [0.5, 0.6) is 0 Å². The number of likely N-dealkylation sites (tertiary alicyclic amines) is 1. The predicted octanol–water partition coefficient (Wildman–Crippen LogP) is 1.28. The van der Waals surface area contributed by atoms with Crippen molar-refractivity contribution in [1.82, 2.24) is 15.5 Å². The lowest BCUT2D eigenvalue weighted by Gasteiger charge is -2.43. The van der Waals surface area contributed by atoms with Gasteiger partial charge in [0.1, 0.15) is 0 Å². The fourth-order valence-electron chi connectivity index (χ4n) is 4.59. The van der Waals surface area contributed by atoms with Crippen molar-refractivity contribution >= 4 is 11.8 Å². The van der Waals surface area contributed by atoms with E-state index in [1.165, 1.54) is 19.3 Å². The van der Waals surface area contributed by atoms with Crippen LogP contribution in [0.15, 0.2) is 0 Å². The monoisotopic (exact) mass is 307 g/mol. The molecule has 3 fully saturated rings. The largest absolute Gasteiger partial charge is 0.352 e. The molecule has 3 aliphatic rings. The smallest absolute Gasteiger partial charge is 0.230 e. The zero-order valence-corrected chi connectivity index (χ0v) is 13.7. The molecule has 0 radical (unpaired) electrons. The first-order valence-electron chi connectivity index (χ1n) is 8.95. The Labute approximate surface area is 133 Å². The Morgan fingerprint density at radius 1 is 1.27 bits per heavy atom. The van der Waals surface area contributed by atoms with Crippen LogP contribution in [0.25, 0.3) is 0 Å². The summed E-state index contributed by atoms with van der Waals surface area (Å²) in [4.78, 5) is 26.9. The highest BCUT2D eigenvalue weighted by molar-refractivity contribution is 5.84. The number of nitrogens with zero attached hydrogens (tertiary/aromatic N) is 1. The lowest BCUT2D eigenvalue weighted by atomic mass is 9.67. The summed E-state index contributed by atoms with van der Waals surface area (Å²) in [5.74, 6) is 0.951. The van der Waals surface area contributed by atoms with Crippen LogP contribution in [-0.2, 0) is 9.59 Å². The van der Waals surface area contributed by atoms with Crippen LogP contribution in [0.4, 0.5) is 0 Å². The van der Waals surface area contributed by atoms with Crippen molar-refractivity contribution in [2.45, 2.75) is 57.9 Å². The number of piperidine rings is 1. The van der Waals surface area contributed by atoms with Gasteiger partial charge in [0.25, 0.3) is 0 Å². The Balaban J connectivity index is 1.67. The molecule has 1 aliphatic carbocycles. The maximum Gasteiger partial charge on any atom is 0.230 e. The van der Waals surface area contributed by atoms with E-state index in [1.54, 1.807) is 0 Å². The summed E-state index contributed by atoms with van der Waals surface area (Å²) in [6, 6.07) is 0.137. The minimum absolute atomic E-state index is 0.0931. The first-order valence-corrected chi connectivity index (χ1v) is 8.95. The number of carbonyl (C=O) groups excluding carboxylic acids is 2. The highest BCUT2D eigenvalue weighted by Crippen LogP contribution is 2.45. The van der Waals surface area contributed by atoms with Crippen molar-refractivity contribution in [3.05, 3.63) is 0 Å². The van der Waals surface area contributed by atoms with Crippen molar-refractivity contribution in [2.75, 3.05) is 26.2 Å². The van der Waals surface area contributed by atoms with E-state index in [-0.39, 0.29) is 17.4 Å². The molecule has 2 N–H and O–H groups in total. The molecule has 3 rings (SSSR count). The van der Waals surface area contributed by atoms with Gasteiger partial charge in [-0.15, -0.1) is 0 Å². The Bertz CT molecular complexity index is 440. The van der Waals surface area contributed by atoms with Crippen LogP contribution in [0, 0.1) is 11.3 Å². The second kappa shape index (κ2) is 6.57. The van der Waals surface area contributed by atoms with Crippen molar-refractivity contribution in [3.63, 3.8) is 0 Å². The van der Waals surface area contributed by atoms with Gasteiger partial charge in [-0.05, 0) is 38.1 Å². The molecule has 22 heavy (non-hydrogen) atoms. The van der Waals surface area contributed by atoms with E-state index in [0.29, 0.717) is 24.8 Å². The van der Waals surface area contributed by atoms with E-state index in [4.69, 9.17) is 0 Å². The van der Waals surface area contributed by atoms with Gasteiger partial charge in [-0.2, -0.15) is 0 Å². The van der Waals surface area contributed by atoms with Crippen LogP contribution in [0.1, 0.15) is 51.9 Å². The van der Waals surface area contributed by atoms with Crippen LogP contribution in [-0.4, -0.2) is 48.9 Å². The number of hydrogen-bond donors (Lipinski definition) is 2. The van der Waals surface area contributed by atoms with Gasteiger partial charge < -0.3 is 15.5 Å². The molecule has 1 saturated carbocycles. The first kappa shape index (κ1) is 15.8. The quantitative estimate of drug-likeness (QED) is 0.826. The normalized spacial score (nSPS) is 35.0.